The van der Waals surface area contributed by atoms with E-state index in [9.17, 15) is 23.7 Å². The van der Waals surface area contributed by atoms with Crippen LogP contribution in [0.4, 0.5) is 5.69 Å². The number of benzene rings is 2. The van der Waals surface area contributed by atoms with Gasteiger partial charge in [-0.3, -0.25) is 4.72 Å². The highest BCUT2D eigenvalue weighted by molar-refractivity contribution is 7.92. The van der Waals surface area contributed by atoms with E-state index in [2.05, 4.69) is 15.0 Å². The van der Waals surface area contributed by atoms with E-state index < -0.39 is 16.1 Å². The molecule has 10 nitrogen and oxygen atoms in total. The fraction of sp³-hybridized carbons (Fsp3) is 0.320. The van der Waals surface area contributed by atoms with E-state index in [0.29, 0.717) is 18.1 Å². The summed E-state index contributed by atoms with van der Waals surface area (Å²) >= 11 is 0. The van der Waals surface area contributed by atoms with Crippen LogP contribution in [0, 0.1) is 6.92 Å². The maximum absolute atomic E-state index is 11.4. The number of aliphatic hydroxyl groups is 2. The van der Waals surface area contributed by atoms with Gasteiger partial charge in [0, 0.05) is 30.4 Å². The molecular weight excluding hydrogens is 486 g/mol. The number of phenols is 1. The van der Waals surface area contributed by atoms with Crippen LogP contribution in [0.5, 0.6) is 23.1 Å². The van der Waals surface area contributed by atoms with E-state index in [1.807, 2.05) is 43.3 Å². The highest BCUT2D eigenvalue weighted by Gasteiger charge is 2.14. The lowest BCUT2D eigenvalue weighted by Gasteiger charge is -2.20. The lowest BCUT2D eigenvalue weighted by Crippen LogP contribution is -2.41. The molecule has 0 fully saturated rings. The standard InChI is InChI=1S/C25H31N3O7S/c1-17-4-3-11-26-25(17)35-21-7-5-18(6-8-21)12-19(15-29)27-14-20(30)16-34-22-9-10-24(31)23(13-22)28-36(2,32)33/h3-11,13,19-20,27-31H,12,14-16H2,1-2H3/t19-,20-/m0/s1. The second-order valence-electron chi connectivity index (χ2n) is 8.38. The largest absolute Gasteiger partial charge is 0.506 e. The smallest absolute Gasteiger partial charge is 0.229 e. The van der Waals surface area contributed by atoms with Crippen molar-refractivity contribution in [2.75, 3.05) is 30.7 Å². The van der Waals surface area contributed by atoms with Gasteiger partial charge in [0.15, 0.2) is 0 Å². The number of nitrogens with zero attached hydrogens (tertiary/aromatic N) is 1. The van der Waals surface area contributed by atoms with Crippen LogP contribution >= 0.6 is 0 Å². The second-order valence-corrected chi connectivity index (χ2v) is 10.1. The minimum Gasteiger partial charge on any atom is -0.506 e. The van der Waals surface area contributed by atoms with Crippen molar-refractivity contribution in [3.63, 3.8) is 0 Å². The summed E-state index contributed by atoms with van der Waals surface area (Å²) < 4.78 is 36.3. The van der Waals surface area contributed by atoms with Gasteiger partial charge >= 0.3 is 0 Å². The monoisotopic (exact) mass is 517 g/mol. The Hall–Kier alpha value is -3.38. The zero-order valence-corrected chi connectivity index (χ0v) is 20.9. The number of rotatable bonds is 13. The summed E-state index contributed by atoms with van der Waals surface area (Å²) in [6.45, 7) is 1.88. The van der Waals surface area contributed by atoms with Gasteiger partial charge in [-0.2, -0.15) is 0 Å². The molecule has 3 aromatic rings. The maximum Gasteiger partial charge on any atom is 0.229 e. The van der Waals surface area contributed by atoms with Gasteiger partial charge in [-0.15, -0.1) is 0 Å². The van der Waals surface area contributed by atoms with Crippen molar-refractivity contribution in [3.05, 3.63) is 71.9 Å². The van der Waals surface area contributed by atoms with Crippen molar-refractivity contribution < 1.29 is 33.2 Å². The summed E-state index contributed by atoms with van der Waals surface area (Å²) in [6, 6.07) is 15.1. The summed E-state index contributed by atoms with van der Waals surface area (Å²) in [5.41, 5.74) is 1.90. The molecule has 194 valence electrons. The first kappa shape index (κ1) is 27.2. The van der Waals surface area contributed by atoms with Crippen LogP contribution in [0.3, 0.4) is 0 Å². The molecule has 0 aliphatic rings. The summed E-state index contributed by atoms with van der Waals surface area (Å²) in [5, 5.41) is 32.9. The van der Waals surface area contributed by atoms with Crippen LogP contribution < -0.4 is 19.5 Å². The van der Waals surface area contributed by atoms with Crippen LogP contribution in [0.15, 0.2) is 60.8 Å². The molecule has 11 heteroatoms. The number of aryl methyl sites for hydroxylation is 1. The minimum atomic E-state index is -3.57. The number of anilines is 1. The Morgan fingerprint density at radius 1 is 1.08 bits per heavy atom. The summed E-state index contributed by atoms with van der Waals surface area (Å²) in [7, 11) is -3.57. The Kier molecular flexibility index (Phi) is 9.48. The predicted octanol–water partition coefficient (Wildman–Crippen LogP) is 2.19. The normalized spacial score (nSPS) is 13.1. The zero-order valence-electron chi connectivity index (χ0n) is 20.1. The Bertz CT molecular complexity index is 1240. The Balaban J connectivity index is 1.47. The fourth-order valence-corrected chi connectivity index (χ4v) is 3.87. The Morgan fingerprint density at radius 2 is 1.81 bits per heavy atom. The van der Waals surface area contributed by atoms with E-state index in [0.717, 1.165) is 17.4 Å². The number of aliphatic hydroxyl groups excluding tert-OH is 2. The van der Waals surface area contributed by atoms with Crippen molar-refractivity contribution in [3.8, 4) is 23.1 Å². The fourth-order valence-electron chi connectivity index (χ4n) is 3.31. The zero-order chi connectivity index (χ0) is 26.1. The maximum atomic E-state index is 11.4. The quantitative estimate of drug-likeness (QED) is 0.215. The topological polar surface area (TPSA) is 150 Å². The number of nitrogens with one attached hydrogen (secondary N) is 2. The highest BCUT2D eigenvalue weighted by atomic mass is 32.2. The predicted molar refractivity (Wildman–Crippen MR) is 136 cm³/mol. The molecule has 0 saturated carbocycles. The van der Waals surface area contributed by atoms with Crippen molar-refractivity contribution in [1.82, 2.24) is 10.3 Å². The average Bonchev–Trinajstić information content (AvgIpc) is 2.83. The lowest BCUT2D eigenvalue weighted by molar-refractivity contribution is 0.0997. The van der Waals surface area contributed by atoms with Crippen LogP contribution in [-0.2, 0) is 16.4 Å². The van der Waals surface area contributed by atoms with Gasteiger partial charge < -0.3 is 30.1 Å². The van der Waals surface area contributed by atoms with Gasteiger partial charge in [0.1, 0.15) is 30.0 Å². The average molecular weight is 518 g/mol. The van der Waals surface area contributed by atoms with Gasteiger partial charge in [-0.05, 0) is 49.2 Å². The van der Waals surface area contributed by atoms with E-state index in [-0.39, 0.29) is 43.0 Å². The summed E-state index contributed by atoms with van der Waals surface area (Å²) in [6.07, 6.45) is 2.28. The van der Waals surface area contributed by atoms with Gasteiger partial charge in [-0.25, -0.2) is 13.4 Å². The Labute approximate surface area is 210 Å². The number of hydrogen-bond donors (Lipinski definition) is 5. The third-order valence-corrected chi connectivity index (χ3v) is 5.74. The molecular formula is C25H31N3O7S. The van der Waals surface area contributed by atoms with Crippen molar-refractivity contribution in [1.29, 1.82) is 0 Å². The number of aromatic nitrogens is 1. The Morgan fingerprint density at radius 3 is 2.47 bits per heavy atom. The third-order valence-electron chi connectivity index (χ3n) is 5.15. The number of pyridine rings is 1. The SMILES string of the molecule is Cc1cccnc1Oc1ccc(C[C@@H](CO)NC[C@H](O)COc2ccc(O)c(NS(C)(=O)=O)c2)cc1. The van der Waals surface area contributed by atoms with Crippen LogP contribution in [0.1, 0.15) is 11.1 Å². The molecule has 0 aliphatic carbocycles. The molecule has 0 aliphatic heterocycles. The highest BCUT2D eigenvalue weighted by Crippen LogP contribution is 2.28. The first-order chi connectivity index (χ1) is 17.1. The molecule has 1 aromatic heterocycles. The molecule has 36 heavy (non-hydrogen) atoms. The second kappa shape index (κ2) is 12.5. The van der Waals surface area contributed by atoms with E-state index in [4.69, 9.17) is 9.47 Å². The van der Waals surface area contributed by atoms with E-state index in [1.165, 1.54) is 18.2 Å². The molecule has 0 bridgehead atoms. The first-order valence-corrected chi connectivity index (χ1v) is 13.2. The molecule has 2 atom stereocenters. The number of sulfonamides is 1. The molecule has 3 rings (SSSR count). The van der Waals surface area contributed by atoms with E-state index in [1.54, 1.807) is 6.20 Å². The van der Waals surface area contributed by atoms with Gasteiger partial charge in [-0.1, -0.05) is 18.2 Å². The summed E-state index contributed by atoms with van der Waals surface area (Å²) in [5.74, 6) is 1.24. The van der Waals surface area contributed by atoms with Crippen LogP contribution in [0.2, 0.25) is 0 Å². The molecule has 1 heterocycles. The van der Waals surface area contributed by atoms with Crippen LogP contribution in [-0.4, -0.2) is 66.9 Å². The number of phenolic OH excluding ortho intramolecular Hbond substituents is 1. The number of ether oxygens (including phenoxy) is 2. The van der Waals surface area contributed by atoms with Crippen LogP contribution in [0.25, 0.3) is 0 Å². The number of aromatic hydroxyl groups is 1. The molecule has 0 amide bonds. The van der Waals surface area contributed by atoms with Gasteiger partial charge in [0.2, 0.25) is 15.9 Å². The lowest BCUT2D eigenvalue weighted by atomic mass is 10.1. The number of hydrogen-bond acceptors (Lipinski definition) is 9. The van der Waals surface area contributed by atoms with Gasteiger partial charge in [0.25, 0.3) is 0 Å². The molecule has 2 aromatic carbocycles. The summed E-state index contributed by atoms with van der Waals surface area (Å²) in [4.78, 5) is 4.22. The van der Waals surface area contributed by atoms with Crippen molar-refractivity contribution in [2.24, 2.45) is 0 Å². The molecule has 0 unspecified atom stereocenters. The molecule has 0 spiro atoms. The third kappa shape index (κ3) is 8.68. The van der Waals surface area contributed by atoms with Gasteiger partial charge in [0.05, 0.1) is 18.6 Å². The molecule has 0 saturated heterocycles. The molecule has 0 radical (unpaired) electrons. The van der Waals surface area contributed by atoms with E-state index >= 15 is 0 Å². The van der Waals surface area contributed by atoms with Crippen molar-refractivity contribution >= 4 is 15.7 Å². The molecule has 5 N–H and O–H groups in total. The van der Waals surface area contributed by atoms with Crippen molar-refractivity contribution in [2.45, 2.75) is 25.5 Å². The first-order valence-electron chi connectivity index (χ1n) is 11.3. The minimum absolute atomic E-state index is 0.0189.